The lowest BCUT2D eigenvalue weighted by Crippen LogP contribution is -2.49. The Hall–Kier alpha value is -2.91. The summed E-state index contributed by atoms with van der Waals surface area (Å²) in [4.78, 5) is 28.2. The van der Waals surface area contributed by atoms with Gasteiger partial charge in [0.15, 0.2) is 0 Å². The number of ether oxygens (including phenoxy) is 1. The fourth-order valence-electron chi connectivity index (χ4n) is 3.80. The molecule has 0 saturated heterocycles. The van der Waals surface area contributed by atoms with Crippen LogP contribution in [0.1, 0.15) is 45.6 Å². The second kappa shape index (κ2) is 14.0. The van der Waals surface area contributed by atoms with E-state index in [4.69, 9.17) is 4.74 Å². The molecule has 1 unspecified atom stereocenters. The third-order valence-electron chi connectivity index (χ3n) is 5.87. The maximum Gasteiger partial charge on any atom is 0.242 e. The van der Waals surface area contributed by atoms with Gasteiger partial charge in [0.25, 0.3) is 0 Å². The topological polar surface area (TPSA) is 96.0 Å². The zero-order chi connectivity index (χ0) is 26.7. The lowest BCUT2D eigenvalue weighted by Gasteiger charge is -2.31. The van der Waals surface area contributed by atoms with Gasteiger partial charge in [-0.2, -0.15) is 0 Å². The van der Waals surface area contributed by atoms with Crippen LogP contribution in [0.5, 0.6) is 5.75 Å². The first-order chi connectivity index (χ1) is 17.1. The Morgan fingerprint density at radius 3 is 2.36 bits per heavy atom. The molecule has 0 aromatic heterocycles. The molecule has 2 aromatic rings. The van der Waals surface area contributed by atoms with Crippen molar-refractivity contribution in [3.05, 3.63) is 60.2 Å². The van der Waals surface area contributed by atoms with Crippen molar-refractivity contribution in [1.29, 1.82) is 0 Å². The zero-order valence-electron chi connectivity index (χ0n) is 21.9. The third kappa shape index (κ3) is 8.34. The first-order valence-corrected chi connectivity index (χ1v) is 13.8. The number of carbonyl (C=O) groups excluding carboxylic acids is 2. The van der Waals surface area contributed by atoms with Crippen LogP contribution in [0.3, 0.4) is 0 Å². The van der Waals surface area contributed by atoms with Crippen LogP contribution in [-0.2, 0) is 26.2 Å². The molecule has 8 nitrogen and oxygen atoms in total. The summed E-state index contributed by atoms with van der Waals surface area (Å²) >= 11 is 0. The van der Waals surface area contributed by atoms with Crippen molar-refractivity contribution in [2.75, 3.05) is 27.2 Å². The fourth-order valence-corrected chi connectivity index (χ4v) is 5.03. The Kier molecular flexibility index (Phi) is 11.4. The molecule has 0 heterocycles. The first-order valence-electron chi connectivity index (χ1n) is 12.3. The first kappa shape index (κ1) is 29.3. The number of amides is 2. The van der Waals surface area contributed by atoms with E-state index in [1.165, 1.54) is 11.4 Å². The van der Waals surface area contributed by atoms with Crippen molar-refractivity contribution < 1.29 is 22.7 Å². The summed E-state index contributed by atoms with van der Waals surface area (Å²) in [6, 6.07) is 15.0. The number of nitrogens with zero attached hydrogens (tertiary/aromatic N) is 2. The maximum absolute atomic E-state index is 13.4. The van der Waals surface area contributed by atoms with Crippen molar-refractivity contribution in [3.63, 3.8) is 0 Å². The summed E-state index contributed by atoms with van der Waals surface area (Å²) in [7, 11) is -0.544. The molecule has 2 rings (SSSR count). The molecule has 198 valence electrons. The van der Waals surface area contributed by atoms with Gasteiger partial charge >= 0.3 is 0 Å². The van der Waals surface area contributed by atoms with Gasteiger partial charge in [0.2, 0.25) is 21.8 Å². The van der Waals surface area contributed by atoms with Crippen LogP contribution in [0, 0.1) is 5.92 Å². The number of nitrogens with one attached hydrogen (secondary N) is 1. The van der Waals surface area contributed by atoms with Crippen LogP contribution in [0.25, 0.3) is 0 Å². The molecular formula is C27H39N3O5S. The fraction of sp³-hybridized carbons (Fsp3) is 0.481. The standard InChI is InChI=1S/C27H39N3O5S/c1-6-25(27(32)28-19-21(2)3)30(20-22-12-10-13-23(18-22)35-5)26(31)16-11-17-29(4)36(33,34)24-14-8-7-9-15-24/h7-10,12-15,18,21,25H,6,11,16-17,19-20H2,1-5H3,(H,28,32). The monoisotopic (exact) mass is 517 g/mol. The summed E-state index contributed by atoms with van der Waals surface area (Å²) in [6.45, 7) is 6.87. The van der Waals surface area contributed by atoms with Crippen LogP contribution in [0.15, 0.2) is 59.5 Å². The van der Waals surface area contributed by atoms with Gasteiger partial charge in [0, 0.05) is 33.1 Å². The average molecular weight is 518 g/mol. The van der Waals surface area contributed by atoms with Gasteiger partial charge in [-0.1, -0.05) is 51.1 Å². The van der Waals surface area contributed by atoms with Crippen LogP contribution in [0.4, 0.5) is 0 Å². The van der Waals surface area contributed by atoms with Gasteiger partial charge in [0.05, 0.1) is 12.0 Å². The minimum atomic E-state index is -3.63. The molecule has 36 heavy (non-hydrogen) atoms. The summed E-state index contributed by atoms with van der Waals surface area (Å²) in [5.74, 6) is 0.571. The number of rotatable bonds is 14. The van der Waals surface area contributed by atoms with Crippen LogP contribution < -0.4 is 10.1 Å². The Balaban J connectivity index is 2.15. The Morgan fingerprint density at radius 1 is 1.06 bits per heavy atom. The molecule has 0 spiro atoms. The van der Waals surface area contributed by atoms with E-state index in [-0.39, 0.29) is 42.1 Å². The predicted octanol–water partition coefficient (Wildman–Crippen LogP) is 3.68. The molecule has 0 radical (unpaired) electrons. The van der Waals surface area contributed by atoms with E-state index >= 15 is 0 Å². The molecule has 0 saturated carbocycles. The molecule has 0 aliphatic heterocycles. The van der Waals surface area contributed by atoms with Crippen LogP contribution in [-0.4, -0.2) is 62.7 Å². The normalized spacial score (nSPS) is 12.4. The second-order valence-electron chi connectivity index (χ2n) is 9.18. The van der Waals surface area contributed by atoms with Crippen LogP contribution in [0.2, 0.25) is 0 Å². The van der Waals surface area contributed by atoms with Crippen molar-refractivity contribution >= 4 is 21.8 Å². The number of sulfonamides is 1. The van der Waals surface area contributed by atoms with Crippen molar-refractivity contribution in [3.8, 4) is 5.75 Å². The molecule has 0 aliphatic rings. The number of hydrogen-bond acceptors (Lipinski definition) is 5. The molecule has 2 aromatic carbocycles. The van der Waals surface area contributed by atoms with E-state index in [2.05, 4.69) is 5.32 Å². The lowest BCUT2D eigenvalue weighted by molar-refractivity contribution is -0.141. The average Bonchev–Trinajstić information content (AvgIpc) is 2.87. The minimum Gasteiger partial charge on any atom is -0.497 e. The highest BCUT2D eigenvalue weighted by Gasteiger charge is 2.29. The highest BCUT2D eigenvalue weighted by molar-refractivity contribution is 7.89. The Bertz CT molecular complexity index is 1090. The van der Waals surface area contributed by atoms with E-state index in [1.807, 2.05) is 45.0 Å². The number of carbonyl (C=O) groups is 2. The van der Waals surface area contributed by atoms with E-state index < -0.39 is 16.1 Å². The molecule has 2 amide bonds. The molecule has 9 heteroatoms. The molecule has 0 aliphatic carbocycles. The maximum atomic E-state index is 13.4. The summed E-state index contributed by atoms with van der Waals surface area (Å²) < 4.78 is 32.1. The highest BCUT2D eigenvalue weighted by Crippen LogP contribution is 2.19. The highest BCUT2D eigenvalue weighted by atomic mass is 32.2. The zero-order valence-corrected chi connectivity index (χ0v) is 22.8. The smallest absolute Gasteiger partial charge is 0.242 e. The van der Waals surface area contributed by atoms with Gasteiger partial charge < -0.3 is 15.0 Å². The SMILES string of the molecule is CCC(C(=O)NCC(C)C)N(Cc1cccc(OC)c1)C(=O)CCCN(C)S(=O)(=O)c1ccccc1. The quantitative estimate of drug-likeness (QED) is 0.413. The Labute approximate surface area is 215 Å². The number of hydrogen-bond donors (Lipinski definition) is 1. The molecule has 0 bridgehead atoms. The molecule has 1 N–H and O–H groups in total. The van der Waals surface area contributed by atoms with Crippen molar-refractivity contribution in [2.24, 2.45) is 5.92 Å². The second-order valence-corrected chi connectivity index (χ2v) is 11.2. The number of methoxy groups -OCH3 is 1. The molecular weight excluding hydrogens is 478 g/mol. The van der Waals surface area contributed by atoms with Gasteiger partial charge in [-0.05, 0) is 48.6 Å². The number of benzene rings is 2. The molecule has 0 fully saturated rings. The molecule has 1 atom stereocenters. The van der Waals surface area contributed by atoms with E-state index in [0.717, 1.165) is 5.56 Å². The van der Waals surface area contributed by atoms with E-state index in [9.17, 15) is 18.0 Å². The van der Waals surface area contributed by atoms with Crippen molar-refractivity contribution in [1.82, 2.24) is 14.5 Å². The van der Waals surface area contributed by atoms with Gasteiger partial charge in [-0.3, -0.25) is 9.59 Å². The summed E-state index contributed by atoms with van der Waals surface area (Å²) in [6.07, 6.45) is 0.911. The van der Waals surface area contributed by atoms with E-state index in [0.29, 0.717) is 25.1 Å². The Morgan fingerprint density at radius 2 is 1.75 bits per heavy atom. The van der Waals surface area contributed by atoms with Crippen molar-refractivity contribution in [2.45, 2.75) is 57.5 Å². The third-order valence-corrected chi connectivity index (χ3v) is 7.74. The van der Waals surface area contributed by atoms with Gasteiger partial charge in [0.1, 0.15) is 11.8 Å². The predicted molar refractivity (Wildman–Crippen MR) is 141 cm³/mol. The van der Waals surface area contributed by atoms with Crippen LogP contribution >= 0.6 is 0 Å². The summed E-state index contributed by atoms with van der Waals surface area (Å²) in [5, 5.41) is 2.94. The minimum absolute atomic E-state index is 0.118. The van der Waals surface area contributed by atoms with Gasteiger partial charge in [-0.15, -0.1) is 0 Å². The largest absolute Gasteiger partial charge is 0.497 e. The lowest BCUT2D eigenvalue weighted by atomic mass is 10.1. The van der Waals surface area contributed by atoms with Gasteiger partial charge in [-0.25, -0.2) is 12.7 Å². The van der Waals surface area contributed by atoms with E-state index in [1.54, 1.807) is 42.3 Å². The summed E-state index contributed by atoms with van der Waals surface area (Å²) in [5.41, 5.74) is 0.849.